The number of nitrogens with one attached hydrogen (secondary N) is 1. The largest absolute Gasteiger partial charge is 0.468 e. The van der Waals surface area contributed by atoms with Crippen molar-refractivity contribution in [1.82, 2.24) is 5.32 Å². The molecule has 0 aromatic heterocycles. The number of ether oxygens (including phenoxy) is 1. The summed E-state index contributed by atoms with van der Waals surface area (Å²) in [4.78, 5) is 22.4. The molecule has 0 spiro atoms. The van der Waals surface area contributed by atoms with E-state index in [9.17, 15) is 9.59 Å². The van der Waals surface area contributed by atoms with Crippen molar-refractivity contribution in [3.63, 3.8) is 0 Å². The number of nitrogens with two attached hydrogens (primary N) is 1. The molecule has 0 radical (unpaired) electrons. The molecule has 92 valence electrons. The van der Waals surface area contributed by atoms with Gasteiger partial charge in [-0.3, -0.25) is 14.9 Å². The van der Waals surface area contributed by atoms with Crippen molar-refractivity contribution >= 4 is 11.9 Å². The number of carbonyl (C=O) groups is 2. The number of hydrogen-bond acceptors (Lipinski definition) is 4. The number of rotatable bonds is 6. The Morgan fingerprint density at radius 3 is 2.44 bits per heavy atom. The first-order valence-electron chi connectivity index (χ1n) is 5.49. The molecule has 0 aromatic rings. The summed E-state index contributed by atoms with van der Waals surface area (Å²) in [6, 6.07) is -0.320. The van der Waals surface area contributed by atoms with Crippen LogP contribution in [-0.2, 0) is 14.3 Å². The van der Waals surface area contributed by atoms with Gasteiger partial charge < -0.3 is 10.5 Å². The number of amides is 1. The zero-order valence-corrected chi connectivity index (χ0v) is 10.1. The first-order valence-corrected chi connectivity index (χ1v) is 5.49. The van der Waals surface area contributed by atoms with Crippen LogP contribution in [0.25, 0.3) is 0 Å². The average Bonchev–Trinajstić information content (AvgIpc) is 2.94. The molecule has 1 fully saturated rings. The number of esters is 1. The summed E-state index contributed by atoms with van der Waals surface area (Å²) in [6.07, 6.45) is 2.26. The first kappa shape index (κ1) is 13.0. The predicted molar refractivity (Wildman–Crippen MR) is 59.6 cm³/mol. The Morgan fingerprint density at radius 1 is 1.50 bits per heavy atom. The van der Waals surface area contributed by atoms with E-state index in [0.29, 0.717) is 5.92 Å². The highest BCUT2D eigenvalue weighted by Gasteiger charge is 2.40. The molecular weight excluding hydrogens is 208 g/mol. The molecule has 0 bridgehead atoms. The molecule has 1 atom stereocenters. The van der Waals surface area contributed by atoms with Crippen LogP contribution in [0.4, 0.5) is 0 Å². The average molecular weight is 228 g/mol. The topological polar surface area (TPSA) is 81.4 Å². The summed E-state index contributed by atoms with van der Waals surface area (Å²) in [5, 5.41) is 3.16. The Morgan fingerprint density at radius 2 is 2.06 bits per heavy atom. The molecule has 0 heterocycles. The second kappa shape index (κ2) is 4.82. The van der Waals surface area contributed by atoms with Crippen LogP contribution in [0.2, 0.25) is 0 Å². The van der Waals surface area contributed by atoms with Crippen LogP contribution in [0, 0.1) is 5.92 Å². The lowest BCUT2D eigenvalue weighted by Crippen LogP contribution is -2.52. The van der Waals surface area contributed by atoms with Gasteiger partial charge in [-0.2, -0.15) is 0 Å². The molecule has 3 N–H and O–H groups in total. The lowest BCUT2D eigenvalue weighted by Gasteiger charge is -2.29. The van der Waals surface area contributed by atoms with Gasteiger partial charge in [0.2, 0.25) is 5.91 Å². The molecule has 1 rings (SSSR count). The maximum Gasteiger partial charge on any atom is 0.323 e. The zero-order chi connectivity index (χ0) is 12.3. The van der Waals surface area contributed by atoms with Crippen LogP contribution in [0.15, 0.2) is 0 Å². The Bertz CT molecular complexity index is 285. The van der Waals surface area contributed by atoms with Crippen molar-refractivity contribution in [2.24, 2.45) is 11.7 Å². The van der Waals surface area contributed by atoms with Gasteiger partial charge in [0.1, 0.15) is 6.04 Å². The molecule has 5 heteroatoms. The van der Waals surface area contributed by atoms with Gasteiger partial charge in [-0.25, -0.2) is 0 Å². The maximum absolute atomic E-state index is 11.6. The van der Waals surface area contributed by atoms with E-state index in [1.807, 2.05) is 13.8 Å². The summed E-state index contributed by atoms with van der Waals surface area (Å²) < 4.78 is 4.75. The van der Waals surface area contributed by atoms with E-state index >= 15 is 0 Å². The quantitative estimate of drug-likeness (QED) is 0.635. The van der Waals surface area contributed by atoms with Gasteiger partial charge in [-0.15, -0.1) is 0 Å². The minimum atomic E-state index is -0.479. The van der Waals surface area contributed by atoms with E-state index in [-0.39, 0.29) is 24.3 Å². The van der Waals surface area contributed by atoms with Crippen molar-refractivity contribution < 1.29 is 14.3 Å². The lowest BCUT2D eigenvalue weighted by molar-refractivity contribution is -0.144. The molecule has 0 aliphatic heterocycles. The second-order valence-corrected chi connectivity index (χ2v) is 5.01. The van der Waals surface area contributed by atoms with E-state index in [0.717, 1.165) is 12.8 Å². The first-order chi connectivity index (χ1) is 7.35. The minimum absolute atomic E-state index is 0.202. The van der Waals surface area contributed by atoms with Crippen molar-refractivity contribution in [3.05, 3.63) is 0 Å². The van der Waals surface area contributed by atoms with Crippen molar-refractivity contribution in [2.45, 2.75) is 44.7 Å². The van der Waals surface area contributed by atoms with E-state index in [1.54, 1.807) is 0 Å². The predicted octanol–water partition coefficient (Wildman–Crippen LogP) is 0.182. The fraction of sp³-hybridized carbons (Fsp3) is 0.818. The highest BCUT2D eigenvalue weighted by Crippen LogP contribution is 2.34. The highest BCUT2D eigenvalue weighted by atomic mass is 16.5. The van der Waals surface area contributed by atoms with Crippen molar-refractivity contribution in [3.8, 4) is 0 Å². The Labute approximate surface area is 95.7 Å². The molecule has 0 saturated heterocycles. The fourth-order valence-electron chi connectivity index (χ4n) is 1.83. The van der Waals surface area contributed by atoms with Crippen molar-refractivity contribution in [2.75, 3.05) is 7.11 Å². The molecule has 1 unspecified atom stereocenters. The summed E-state index contributed by atoms with van der Waals surface area (Å²) in [5.74, 6) is -0.309. The van der Waals surface area contributed by atoms with Gasteiger partial charge in [-0.1, -0.05) is 0 Å². The third-order valence-corrected chi connectivity index (χ3v) is 2.71. The summed E-state index contributed by atoms with van der Waals surface area (Å²) in [6.45, 7) is 3.71. The number of carbonyl (C=O) groups excluding carboxylic acids is 2. The van der Waals surface area contributed by atoms with Gasteiger partial charge in [0.05, 0.1) is 7.11 Å². The number of methoxy groups -OCH3 is 1. The maximum atomic E-state index is 11.6. The Balaban J connectivity index is 2.59. The summed E-state index contributed by atoms with van der Waals surface area (Å²) >= 11 is 0. The van der Waals surface area contributed by atoms with E-state index in [4.69, 9.17) is 10.5 Å². The van der Waals surface area contributed by atoms with Gasteiger partial charge in [-0.05, 0) is 32.6 Å². The molecule has 0 aromatic carbocycles. The van der Waals surface area contributed by atoms with Gasteiger partial charge in [0, 0.05) is 12.0 Å². The molecule has 5 nitrogen and oxygen atoms in total. The van der Waals surface area contributed by atoms with E-state index < -0.39 is 5.54 Å². The SMILES string of the molecule is COC(=O)C(NC(C)(C)CC(N)=O)C1CC1. The normalized spacial score (nSPS) is 17.9. The third kappa shape index (κ3) is 3.81. The standard InChI is InChI=1S/C11H20N2O3/c1-11(2,6-8(12)14)13-9(7-4-5-7)10(15)16-3/h7,9,13H,4-6H2,1-3H3,(H2,12,14). The van der Waals surface area contributed by atoms with Crippen molar-refractivity contribution in [1.29, 1.82) is 0 Å². The summed E-state index contributed by atoms with van der Waals surface area (Å²) in [5.41, 5.74) is 4.68. The molecule has 1 saturated carbocycles. The molecule has 16 heavy (non-hydrogen) atoms. The van der Waals surface area contributed by atoms with Crippen LogP contribution in [0.1, 0.15) is 33.1 Å². The minimum Gasteiger partial charge on any atom is -0.468 e. The van der Waals surface area contributed by atoms with Crippen LogP contribution >= 0.6 is 0 Å². The smallest absolute Gasteiger partial charge is 0.323 e. The van der Waals surface area contributed by atoms with Crippen LogP contribution in [0.3, 0.4) is 0 Å². The van der Waals surface area contributed by atoms with Crippen LogP contribution in [0.5, 0.6) is 0 Å². The van der Waals surface area contributed by atoms with Crippen LogP contribution < -0.4 is 11.1 Å². The highest BCUT2D eigenvalue weighted by molar-refractivity contribution is 5.77. The van der Waals surface area contributed by atoms with Crippen LogP contribution in [-0.4, -0.2) is 30.6 Å². The monoisotopic (exact) mass is 228 g/mol. The van der Waals surface area contributed by atoms with E-state index in [1.165, 1.54) is 7.11 Å². The van der Waals surface area contributed by atoms with Gasteiger partial charge in [0.25, 0.3) is 0 Å². The summed E-state index contributed by atoms with van der Waals surface area (Å²) in [7, 11) is 1.38. The molecule has 1 amide bonds. The fourth-order valence-corrected chi connectivity index (χ4v) is 1.83. The molecule has 1 aliphatic carbocycles. The molecule has 1 aliphatic rings. The Kier molecular flexibility index (Phi) is 3.91. The third-order valence-electron chi connectivity index (χ3n) is 2.71. The lowest BCUT2D eigenvalue weighted by atomic mass is 9.97. The van der Waals surface area contributed by atoms with Gasteiger partial charge >= 0.3 is 5.97 Å². The van der Waals surface area contributed by atoms with Gasteiger partial charge in [0.15, 0.2) is 0 Å². The Hall–Kier alpha value is -1.10. The molecular formula is C11H20N2O3. The zero-order valence-electron chi connectivity index (χ0n) is 10.1. The van der Waals surface area contributed by atoms with E-state index in [2.05, 4.69) is 5.32 Å². The number of hydrogen-bond donors (Lipinski definition) is 2. The number of primary amides is 1. The second-order valence-electron chi connectivity index (χ2n) is 5.01.